The summed E-state index contributed by atoms with van der Waals surface area (Å²) in [4.78, 5) is 11.7. The van der Waals surface area contributed by atoms with Gasteiger partial charge in [0.15, 0.2) is 0 Å². The molecule has 2 rings (SSSR count). The van der Waals surface area contributed by atoms with Gasteiger partial charge in [0, 0.05) is 17.7 Å². The van der Waals surface area contributed by atoms with Gasteiger partial charge in [0.2, 0.25) is 5.82 Å². The average Bonchev–Trinajstić information content (AvgIpc) is 2.85. The normalized spacial score (nSPS) is 10.5. The smallest absolute Gasteiger partial charge is 0.258 e. The van der Waals surface area contributed by atoms with E-state index in [1.807, 2.05) is 0 Å². The molecule has 18 heavy (non-hydrogen) atoms. The van der Waals surface area contributed by atoms with Gasteiger partial charge >= 0.3 is 0 Å². The Hall–Kier alpha value is -2.31. The van der Waals surface area contributed by atoms with Crippen molar-refractivity contribution >= 4 is 5.69 Å². The van der Waals surface area contributed by atoms with Crippen LogP contribution in [0.25, 0.3) is 11.4 Å². The quantitative estimate of drug-likeness (QED) is 0.596. The van der Waals surface area contributed by atoms with E-state index in [-0.39, 0.29) is 5.69 Å². The summed E-state index contributed by atoms with van der Waals surface area (Å²) in [5, 5.41) is 22.7. The fourth-order valence-corrected chi connectivity index (χ4v) is 1.51. The van der Waals surface area contributed by atoms with Crippen LogP contribution in [0.2, 0.25) is 0 Å². The lowest BCUT2D eigenvalue weighted by atomic mass is 10.2. The second-order valence-electron chi connectivity index (χ2n) is 3.87. The van der Waals surface area contributed by atoms with E-state index < -0.39 is 4.92 Å². The van der Waals surface area contributed by atoms with Gasteiger partial charge in [-0.25, -0.2) is 0 Å². The molecule has 0 unspecified atom stereocenters. The highest BCUT2D eigenvalue weighted by molar-refractivity contribution is 5.58. The van der Waals surface area contributed by atoms with Crippen LogP contribution in [0.1, 0.15) is 19.8 Å². The largest absolute Gasteiger partial charge is 0.270 e. The van der Waals surface area contributed by atoms with Crippen molar-refractivity contribution in [3.05, 3.63) is 34.4 Å². The zero-order valence-corrected chi connectivity index (χ0v) is 9.98. The highest BCUT2D eigenvalue weighted by Gasteiger charge is 2.10. The summed E-state index contributed by atoms with van der Waals surface area (Å²) in [5.41, 5.74) is 0.629. The standard InChI is InChI=1S/C11H13N5O2/c1-2-3-7-15-13-11(12-14-15)9-5-4-6-10(8-9)16(17)18/h4-6,8H,2-3,7H2,1H3. The zero-order valence-electron chi connectivity index (χ0n) is 9.98. The topological polar surface area (TPSA) is 86.7 Å². The third-order valence-electron chi connectivity index (χ3n) is 2.48. The fraction of sp³-hybridized carbons (Fsp3) is 0.364. The monoisotopic (exact) mass is 247 g/mol. The Morgan fingerprint density at radius 1 is 1.44 bits per heavy atom. The lowest BCUT2D eigenvalue weighted by Crippen LogP contribution is -2.01. The van der Waals surface area contributed by atoms with Crippen molar-refractivity contribution < 1.29 is 4.92 Å². The van der Waals surface area contributed by atoms with Gasteiger partial charge in [-0.15, -0.1) is 10.2 Å². The minimum absolute atomic E-state index is 0.0254. The third kappa shape index (κ3) is 2.68. The Morgan fingerprint density at radius 3 is 3.00 bits per heavy atom. The fourth-order valence-electron chi connectivity index (χ4n) is 1.51. The Bertz CT molecular complexity index is 552. The van der Waals surface area contributed by atoms with E-state index >= 15 is 0 Å². The van der Waals surface area contributed by atoms with E-state index in [1.165, 1.54) is 16.9 Å². The van der Waals surface area contributed by atoms with E-state index in [0.29, 0.717) is 17.9 Å². The zero-order chi connectivity index (χ0) is 13.0. The molecule has 0 radical (unpaired) electrons. The number of aromatic nitrogens is 4. The molecule has 0 N–H and O–H groups in total. The molecule has 0 saturated carbocycles. The maximum atomic E-state index is 10.7. The van der Waals surface area contributed by atoms with Gasteiger partial charge in [0.1, 0.15) is 0 Å². The highest BCUT2D eigenvalue weighted by atomic mass is 16.6. The molecule has 0 atom stereocenters. The SMILES string of the molecule is CCCCn1nnc(-c2cccc([N+](=O)[O-])c2)n1. The summed E-state index contributed by atoms with van der Waals surface area (Å²) in [6, 6.07) is 6.22. The second kappa shape index (κ2) is 5.35. The van der Waals surface area contributed by atoms with Crippen LogP contribution in [-0.2, 0) is 6.54 Å². The number of aryl methyl sites for hydroxylation is 1. The molecule has 7 heteroatoms. The maximum absolute atomic E-state index is 10.7. The first kappa shape index (κ1) is 12.2. The summed E-state index contributed by atoms with van der Waals surface area (Å²) in [6.45, 7) is 2.79. The number of tetrazole rings is 1. The molecule has 94 valence electrons. The molecule has 0 fully saturated rings. The molecule has 0 aliphatic carbocycles. The van der Waals surface area contributed by atoms with Crippen LogP contribution in [0.15, 0.2) is 24.3 Å². The van der Waals surface area contributed by atoms with Crippen molar-refractivity contribution in [2.45, 2.75) is 26.3 Å². The van der Waals surface area contributed by atoms with Crippen LogP contribution < -0.4 is 0 Å². The van der Waals surface area contributed by atoms with Crippen LogP contribution in [0.3, 0.4) is 0 Å². The van der Waals surface area contributed by atoms with Gasteiger partial charge in [-0.2, -0.15) is 4.80 Å². The van der Waals surface area contributed by atoms with Crippen molar-refractivity contribution in [2.75, 3.05) is 0 Å². The van der Waals surface area contributed by atoms with Crippen molar-refractivity contribution in [2.24, 2.45) is 0 Å². The lowest BCUT2D eigenvalue weighted by Gasteiger charge is -1.95. The van der Waals surface area contributed by atoms with E-state index in [4.69, 9.17) is 0 Å². The number of nitrogens with zero attached hydrogens (tertiary/aromatic N) is 5. The molecular formula is C11H13N5O2. The minimum atomic E-state index is -0.439. The number of nitro groups is 1. The summed E-state index contributed by atoms with van der Waals surface area (Å²) in [6.07, 6.45) is 2.03. The number of hydrogen-bond acceptors (Lipinski definition) is 5. The van der Waals surface area contributed by atoms with Gasteiger partial charge < -0.3 is 0 Å². The number of rotatable bonds is 5. The second-order valence-corrected chi connectivity index (χ2v) is 3.87. The Morgan fingerprint density at radius 2 is 2.28 bits per heavy atom. The molecule has 1 aromatic carbocycles. The molecule has 0 amide bonds. The lowest BCUT2D eigenvalue weighted by molar-refractivity contribution is -0.384. The van der Waals surface area contributed by atoms with Gasteiger partial charge in [-0.1, -0.05) is 25.5 Å². The third-order valence-corrected chi connectivity index (χ3v) is 2.48. The summed E-state index contributed by atoms with van der Waals surface area (Å²) < 4.78 is 0. The molecule has 2 aromatic rings. The number of nitro benzene ring substituents is 1. The first-order valence-corrected chi connectivity index (χ1v) is 5.73. The number of benzene rings is 1. The summed E-state index contributed by atoms with van der Waals surface area (Å²) in [5.74, 6) is 0.412. The Kier molecular flexibility index (Phi) is 3.61. The summed E-state index contributed by atoms with van der Waals surface area (Å²) in [7, 11) is 0. The minimum Gasteiger partial charge on any atom is -0.258 e. The van der Waals surface area contributed by atoms with E-state index in [2.05, 4.69) is 22.3 Å². The van der Waals surface area contributed by atoms with Gasteiger partial charge in [0.25, 0.3) is 5.69 Å². The van der Waals surface area contributed by atoms with Crippen molar-refractivity contribution in [1.82, 2.24) is 20.2 Å². The van der Waals surface area contributed by atoms with Crippen LogP contribution in [0, 0.1) is 10.1 Å². The van der Waals surface area contributed by atoms with Crippen LogP contribution >= 0.6 is 0 Å². The summed E-state index contributed by atoms with van der Waals surface area (Å²) >= 11 is 0. The first-order valence-electron chi connectivity index (χ1n) is 5.73. The molecular weight excluding hydrogens is 234 g/mol. The van der Waals surface area contributed by atoms with Gasteiger partial charge in [0.05, 0.1) is 11.5 Å². The molecule has 7 nitrogen and oxygen atoms in total. The van der Waals surface area contributed by atoms with E-state index in [0.717, 1.165) is 12.8 Å². The van der Waals surface area contributed by atoms with Crippen molar-refractivity contribution in [3.8, 4) is 11.4 Å². The molecule has 0 aliphatic heterocycles. The molecule has 0 bridgehead atoms. The van der Waals surface area contributed by atoms with Crippen LogP contribution in [-0.4, -0.2) is 25.1 Å². The van der Waals surface area contributed by atoms with E-state index in [9.17, 15) is 10.1 Å². The van der Waals surface area contributed by atoms with Crippen LogP contribution in [0.5, 0.6) is 0 Å². The van der Waals surface area contributed by atoms with Gasteiger partial charge in [-0.05, 0) is 11.6 Å². The molecule has 0 spiro atoms. The van der Waals surface area contributed by atoms with Crippen molar-refractivity contribution in [1.29, 1.82) is 0 Å². The number of non-ortho nitro benzene ring substituents is 1. The Labute approximate surface area is 104 Å². The molecule has 0 saturated heterocycles. The van der Waals surface area contributed by atoms with E-state index in [1.54, 1.807) is 12.1 Å². The Balaban J connectivity index is 2.23. The molecule has 0 aliphatic rings. The highest BCUT2D eigenvalue weighted by Crippen LogP contribution is 2.19. The number of unbranched alkanes of at least 4 members (excludes halogenated alkanes) is 1. The molecule has 1 aromatic heterocycles. The number of hydrogen-bond donors (Lipinski definition) is 0. The average molecular weight is 247 g/mol. The first-order chi connectivity index (χ1) is 8.70. The van der Waals surface area contributed by atoms with Gasteiger partial charge in [-0.3, -0.25) is 10.1 Å². The maximum Gasteiger partial charge on any atom is 0.270 e. The molecule has 1 heterocycles. The van der Waals surface area contributed by atoms with Crippen molar-refractivity contribution in [3.63, 3.8) is 0 Å². The predicted molar refractivity (Wildman–Crippen MR) is 64.8 cm³/mol. The predicted octanol–water partition coefficient (Wildman–Crippen LogP) is 2.05. The van der Waals surface area contributed by atoms with Crippen LogP contribution in [0.4, 0.5) is 5.69 Å².